The van der Waals surface area contributed by atoms with Crippen molar-refractivity contribution in [3.63, 3.8) is 0 Å². The second kappa shape index (κ2) is 8.71. The van der Waals surface area contributed by atoms with Crippen LogP contribution in [-0.4, -0.2) is 18.4 Å². The number of nitrogens with zero attached hydrogens (tertiary/aromatic N) is 1. The summed E-state index contributed by atoms with van der Waals surface area (Å²) in [6, 6.07) is 20.5. The zero-order chi connectivity index (χ0) is 22.8. The minimum Gasteiger partial charge on any atom is -0.494 e. The quantitative estimate of drug-likeness (QED) is 0.536. The van der Waals surface area contributed by atoms with Crippen LogP contribution in [0.4, 0.5) is 11.4 Å². The summed E-state index contributed by atoms with van der Waals surface area (Å²) in [5, 5.41) is 3.22. The Hall–Kier alpha value is -3.86. The van der Waals surface area contributed by atoms with E-state index in [0.29, 0.717) is 23.6 Å². The Labute approximate surface area is 188 Å². The van der Waals surface area contributed by atoms with Crippen molar-refractivity contribution in [1.82, 2.24) is 0 Å². The summed E-state index contributed by atoms with van der Waals surface area (Å²) < 4.78 is 5.49. The number of carbonyl (C=O) groups is 2. The molecule has 3 aromatic rings. The van der Waals surface area contributed by atoms with E-state index in [1.807, 2.05) is 70.2 Å². The second-order valence-corrected chi connectivity index (χ2v) is 7.92. The molecule has 1 aliphatic rings. The van der Waals surface area contributed by atoms with Gasteiger partial charge in [-0.25, -0.2) is 4.90 Å². The molecule has 5 nitrogen and oxygen atoms in total. The van der Waals surface area contributed by atoms with E-state index >= 15 is 0 Å². The summed E-state index contributed by atoms with van der Waals surface area (Å²) in [5.41, 5.74) is 5.87. The largest absolute Gasteiger partial charge is 0.494 e. The predicted octanol–water partition coefficient (Wildman–Crippen LogP) is 5.41. The van der Waals surface area contributed by atoms with Crippen molar-refractivity contribution in [2.75, 3.05) is 16.8 Å². The number of anilines is 2. The molecule has 0 atom stereocenters. The van der Waals surface area contributed by atoms with Gasteiger partial charge in [0.25, 0.3) is 11.8 Å². The summed E-state index contributed by atoms with van der Waals surface area (Å²) in [5.74, 6) is -0.0396. The van der Waals surface area contributed by atoms with E-state index < -0.39 is 0 Å². The Kier molecular flexibility index (Phi) is 5.82. The molecule has 0 saturated heterocycles. The van der Waals surface area contributed by atoms with Gasteiger partial charge in [-0.1, -0.05) is 30.3 Å². The van der Waals surface area contributed by atoms with Crippen LogP contribution in [0.3, 0.4) is 0 Å². The van der Waals surface area contributed by atoms with E-state index in [9.17, 15) is 9.59 Å². The summed E-state index contributed by atoms with van der Waals surface area (Å²) >= 11 is 0. The maximum absolute atomic E-state index is 13.6. The number of benzene rings is 3. The SMILES string of the molecule is CCOc1ccc(N2C(=O)C(Nc3cccc(C)c3)=C(c3ccc(C)c(C)c3)C2=O)cc1. The number of aryl methyl sites for hydroxylation is 3. The van der Waals surface area contributed by atoms with Crippen molar-refractivity contribution in [3.05, 3.63) is 94.7 Å². The van der Waals surface area contributed by atoms with Crippen LogP contribution in [0.25, 0.3) is 5.57 Å². The van der Waals surface area contributed by atoms with E-state index in [1.54, 1.807) is 24.3 Å². The van der Waals surface area contributed by atoms with Crippen LogP contribution < -0.4 is 15.0 Å². The molecule has 0 unspecified atom stereocenters. The maximum Gasteiger partial charge on any atom is 0.282 e. The molecule has 4 rings (SSSR count). The molecule has 3 aromatic carbocycles. The van der Waals surface area contributed by atoms with Gasteiger partial charge < -0.3 is 10.1 Å². The van der Waals surface area contributed by atoms with Gasteiger partial charge in [0, 0.05) is 5.69 Å². The Morgan fingerprint density at radius 3 is 2.25 bits per heavy atom. The van der Waals surface area contributed by atoms with Crippen molar-refractivity contribution >= 4 is 28.8 Å². The van der Waals surface area contributed by atoms with Crippen LogP contribution in [0.5, 0.6) is 5.75 Å². The summed E-state index contributed by atoms with van der Waals surface area (Å²) in [6.45, 7) is 8.46. The van der Waals surface area contributed by atoms with Gasteiger partial charge in [0.1, 0.15) is 11.4 Å². The number of amides is 2. The van der Waals surface area contributed by atoms with Gasteiger partial charge in [0.15, 0.2) is 0 Å². The van der Waals surface area contributed by atoms with E-state index in [4.69, 9.17) is 4.74 Å². The van der Waals surface area contributed by atoms with Crippen LogP contribution in [0.2, 0.25) is 0 Å². The molecule has 0 fully saturated rings. The average molecular weight is 427 g/mol. The van der Waals surface area contributed by atoms with Crippen LogP contribution in [0, 0.1) is 20.8 Å². The highest BCUT2D eigenvalue weighted by atomic mass is 16.5. The van der Waals surface area contributed by atoms with Crippen molar-refractivity contribution in [3.8, 4) is 5.75 Å². The Morgan fingerprint density at radius 1 is 0.844 bits per heavy atom. The van der Waals surface area contributed by atoms with Crippen molar-refractivity contribution in [2.24, 2.45) is 0 Å². The lowest BCUT2D eigenvalue weighted by Crippen LogP contribution is -2.32. The average Bonchev–Trinajstić information content (AvgIpc) is 3.01. The minimum atomic E-state index is -0.381. The van der Waals surface area contributed by atoms with Gasteiger partial charge in [0.05, 0.1) is 17.9 Å². The molecule has 0 radical (unpaired) electrons. The van der Waals surface area contributed by atoms with Crippen molar-refractivity contribution in [1.29, 1.82) is 0 Å². The second-order valence-electron chi connectivity index (χ2n) is 7.92. The lowest BCUT2D eigenvalue weighted by Gasteiger charge is -2.16. The van der Waals surface area contributed by atoms with Gasteiger partial charge >= 0.3 is 0 Å². The highest BCUT2D eigenvalue weighted by molar-refractivity contribution is 6.46. The number of carbonyl (C=O) groups excluding carboxylic acids is 2. The number of hydrogen-bond acceptors (Lipinski definition) is 4. The third-order valence-corrected chi connectivity index (χ3v) is 5.57. The summed E-state index contributed by atoms with van der Waals surface area (Å²) in [7, 11) is 0. The Bertz CT molecular complexity index is 1230. The zero-order valence-corrected chi connectivity index (χ0v) is 18.7. The first kappa shape index (κ1) is 21.4. The first-order valence-electron chi connectivity index (χ1n) is 10.7. The molecule has 0 saturated carbocycles. The molecule has 1 heterocycles. The molecule has 2 amide bonds. The lowest BCUT2D eigenvalue weighted by molar-refractivity contribution is -0.120. The van der Waals surface area contributed by atoms with E-state index in [1.165, 1.54) is 4.90 Å². The fourth-order valence-electron chi connectivity index (χ4n) is 3.77. The van der Waals surface area contributed by atoms with Gasteiger partial charge in [-0.2, -0.15) is 0 Å². The zero-order valence-electron chi connectivity index (χ0n) is 18.7. The van der Waals surface area contributed by atoms with Crippen LogP contribution in [0.15, 0.2) is 72.4 Å². The van der Waals surface area contributed by atoms with Gasteiger partial charge in [-0.3, -0.25) is 9.59 Å². The molecule has 5 heteroatoms. The highest BCUT2D eigenvalue weighted by Crippen LogP contribution is 2.35. The van der Waals surface area contributed by atoms with Crippen LogP contribution in [-0.2, 0) is 9.59 Å². The van der Waals surface area contributed by atoms with E-state index in [-0.39, 0.29) is 17.5 Å². The molecule has 1 aliphatic heterocycles. The molecule has 32 heavy (non-hydrogen) atoms. The minimum absolute atomic E-state index is 0.276. The summed E-state index contributed by atoms with van der Waals surface area (Å²) in [4.78, 5) is 28.3. The number of rotatable bonds is 6. The number of nitrogens with one attached hydrogen (secondary N) is 1. The molecule has 1 N–H and O–H groups in total. The Balaban J connectivity index is 1.79. The lowest BCUT2D eigenvalue weighted by atomic mass is 9.99. The molecule has 0 bridgehead atoms. The van der Waals surface area contributed by atoms with Gasteiger partial charge in [-0.05, 0) is 86.3 Å². The molecule has 0 aliphatic carbocycles. The maximum atomic E-state index is 13.6. The van der Waals surface area contributed by atoms with Gasteiger partial charge in [0.2, 0.25) is 0 Å². The fraction of sp³-hybridized carbons (Fsp3) is 0.185. The van der Waals surface area contributed by atoms with Crippen LogP contribution >= 0.6 is 0 Å². The first-order valence-corrected chi connectivity index (χ1v) is 10.7. The molecular formula is C27H26N2O3. The normalized spacial score (nSPS) is 13.7. The summed E-state index contributed by atoms with van der Waals surface area (Å²) in [6.07, 6.45) is 0. The van der Waals surface area contributed by atoms with Gasteiger partial charge in [-0.15, -0.1) is 0 Å². The highest BCUT2D eigenvalue weighted by Gasteiger charge is 2.40. The first-order chi connectivity index (χ1) is 15.4. The van der Waals surface area contributed by atoms with Crippen LogP contribution in [0.1, 0.15) is 29.2 Å². The van der Waals surface area contributed by atoms with Crippen molar-refractivity contribution in [2.45, 2.75) is 27.7 Å². The smallest absolute Gasteiger partial charge is 0.282 e. The number of ether oxygens (including phenoxy) is 1. The molecule has 162 valence electrons. The fourth-order valence-corrected chi connectivity index (χ4v) is 3.77. The van der Waals surface area contributed by atoms with E-state index in [2.05, 4.69) is 5.32 Å². The third-order valence-electron chi connectivity index (χ3n) is 5.57. The molecule has 0 aromatic heterocycles. The molecule has 0 spiro atoms. The predicted molar refractivity (Wildman–Crippen MR) is 128 cm³/mol. The topological polar surface area (TPSA) is 58.6 Å². The standard InChI is InChI=1S/C27H26N2O3/c1-5-32-23-13-11-22(12-14-23)29-26(30)24(20-10-9-18(3)19(4)16-20)25(27(29)31)28-21-8-6-7-17(2)15-21/h6-16,28H,5H2,1-4H3. The monoisotopic (exact) mass is 426 g/mol. The number of hydrogen-bond donors (Lipinski definition) is 1. The van der Waals surface area contributed by atoms with E-state index in [0.717, 1.165) is 27.9 Å². The third kappa shape index (κ3) is 4.02. The Morgan fingerprint density at radius 2 is 1.59 bits per heavy atom. The molecular weight excluding hydrogens is 400 g/mol. The number of imide groups is 1. The van der Waals surface area contributed by atoms with Crippen molar-refractivity contribution < 1.29 is 14.3 Å².